The van der Waals surface area contributed by atoms with Gasteiger partial charge in [0.05, 0.1) is 0 Å². The molecule has 0 saturated heterocycles. The van der Waals surface area contributed by atoms with Gasteiger partial charge < -0.3 is 0 Å². The van der Waals surface area contributed by atoms with Crippen molar-refractivity contribution < 1.29 is 9.59 Å². The van der Waals surface area contributed by atoms with Crippen molar-refractivity contribution in [1.29, 1.82) is 0 Å². The normalized spacial score (nSPS) is 13.8. The summed E-state index contributed by atoms with van der Waals surface area (Å²) in [5.74, 6) is 0.488. The van der Waals surface area contributed by atoms with Gasteiger partial charge in [-0.15, -0.1) is 0 Å². The summed E-state index contributed by atoms with van der Waals surface area (Å²) in [6.07, 6.45) is 1.67. The summed E-state index contributed by atoms with van der Waals surface area (Å²) >= 11 is 0. The van der Waals surface area contributed by atoms with Crippen LogP contribution in [0.1, 0.15) is 53.9 Å². The maximum atomic E-state index is 11.5. The van der Waals surface area contributed by atoms with Crippen LogP contribution in [0.4, 0.5) is 0 Å². The first-order chi connectivity index (χ1) is 6.29. The molecule has 0 aromatic rings. The molecule has 82 valence electrons. The Labute approximate surface area is 87.1 Å². The van der Waals surface area contributed by atoms with E-state index in [1.165, 1.54) is 0 Å². The summed E-state index contributed by atoms with van der Waals surface area (Å²) in [6.45, 7) is 9.59. The highest BCUT2D eigenvalue weighted by atomic mass is 16.1. The van der Waals surface area contributed by atoms with E-state index in [1.54, 1.807) is 0 Å². The second-order valence-corrected chi connectivity index (χ2v) is 4.95. The average Bonchev–Trinajstić information content (AvgIpc) is 2.10. The van der Waals surface area contributed by atoms with Gasteiger partial charge in [-0.3, -0.25) is 9.59 Å². The monoisotopic (exact) mass is 198 g/mol. The lowest BCUT2D eigenvalue weighted by atomic mass is 9.86. The summed E-state index contributed by atoms with van der Waals surface area (Å²) in [4.78, 5) is 23.0. The van der Waals surface area contributed by atoms with Crippen molar-refractivity contribution >= 4 is 11.6 Å². The topological polar surface area (TPSA) is 34.1 Å². The van der Waals surface area contributed by atoms with Crippen molar-refractivity contribution in [2.24, 2.45) is 11.3 Å². The van der Waals surface area contributed by atoms with E-state index in [0.717, 1.165) is 6.42 Å². The minimum absolute atomic E-state index is 0.0998. The molecule has 0 aliphatic rings. The van der Waals surface area contributed by atoms with Gasteiger partial charge in [-0.25, -0.2) is 0 Å². The van der Waals surface area contributed by atoms with E-state index < -0.39 is 0 Å². The zero-order valence-electron chi connectivity index (χ0n) is 10.0. The van der Waals surface area contributed by atoms with Crippen molar-refractivity contribution in [1.82, 2.24) is 0 Å². The van der Waals surface area contributed by atoms with Crippen LogP contribution in [-0.2, 0) is 9.59 Å². The number of carbonyl (C=O) groups excluding carboxylic acids is 2. The van der Waals surface area contributed by atoms with Gasteiger partial charge in [-0.05, 0) is 6.42 Å². The van der Waals surface area contributed by atoms with Gasteiger partial charge in [0.15, 0.2) is 0 Å². The molecule has 0 spiro atoms. The van der Waals surface area contributed by atoms with Crippen LogP contribution in [0.15, 0.2) is 0 Å². The van der Waals surface area contributed by atoms with Crippen molar-refractivity contribution in [2.45, 2.75) is 53.9 Å². The number of carbonyl (C=O) groups is 2. The first-order valence-electron chi connectivity index (χ1n) is 5.35. The molecule has 0 aromatic heterocycles. The van der Waals surface area contributed by atoms with Gasteiger partial charge >= 0.3 is 0 Å². The van der Waals surface area contributed by atoms with Crippen LogP contribution in [0, 0.1) is 11.3 Å². The third kappa shape index (κ3) is 4.54. The molecule has 0 heterocycles. The predicted octanol–water partition coefficient (Wildman–Crippen LogP) is 3.00. The fourth-order valence-corrected chi connectivity index (χ4v) is 1.09. The summed E-state index contributed by atoms with van der Waals surface area (Å²) < 4.78 is 0. The Balaban J connectivity index is 3.96. The van der Waals surface area contributed by atoms with E-state index in [1.807, 2.05) is 34.6 Å². The SMILES string of the molecule is CCC(C)C(=O)CCC(=O)C(C)(C)C. The molecule has 0 aliphatic carbocycles. The van der Waals surface area contributed by atoms with E-state index in [9.17, 15) is 9.59 Å². The molecule has 2 nitrogen and oxygen atoms in total. The summed E-state index contributed by atoms with van der Waals surface area (Å²) in [7, 11) is 0. The first kappa shape index (κ1) is 13.3. The lowest BCUT2D eigenvalue weighted by molar-refractivity contribution is -0.130. The number of hydrogen-bond donors (Lipinski definition) is 0. The Morgan fingerprint density at radius 3 is 2.00 bits per heavy atom. The largest absolute Gasteiger partial charge is 0.299 e. The highest BCUT2D eigenvalue weighted by molar-refractivity contribution is 5.89. The average molecular weight is 198 g/mol. The lowest BCUT2D eigenvalue weighted by Crippen LogP contribution is -2.21. The Kier molecular flexibility index (Phi) is 5.03. The zero-order valence-corrected chi connectivity index (χ0v) is 10.0. The lowest BCUT2D eigenvalue weighted by Gasteiger charge is -2.16. The van der Waals surface area contributed by atoms with Crippen molar-refractivity contribution in [3.8, 4) is 0 Å². The van der Waals surface area contributed by atoms with Gasteiger partial charge in [-0.1, -0.05) is 34.6 Å². The maximum absolute atomic E-state index is 11.5. The van der Waals surface area contributed by atoms with Gasteiger partial charge in [0, 0.05) is 24.2 Å². The Morgan fingerprint density at radius 2 is 1.64 bits per heavy atom. The minimum Gasteiger partial charge on any atom is -0.299 e. The number of ketones is 2. The Morgan fingerprint density at radius 1 is 1.14 bits per heavy atom. The summed E-state index contributed by atoms with van der Waals surface area (Å²) in [5.41, 5.74) is -0.310. The summed E-state index contributed by atoms with van der Waals surface area (Å²) in [6, 6.07) is 0. The van der Waals surface area contributed by atoms with Crippen LogP contribution in [0.3, 0.4) is 0 Å². The van der Waals surface area contributed by atoms with E-state index in [-0.39, 0.29) is 22.9 Å². The molecule has 0 N–H and O–H groups in total. The third-order valence-corrected chi connectivity index (χ3v) is 2.60. The molecule has 0 aromatic carbocycles. The highest BCUT2D eigenvalue weighted by Gasteiger charge is 2.22. The molecule has 0 rings (SSSR count). The standard InChI is InChI=1S/C12H22O2/c1-6-9(2)10(13)7-8-11(14)12(3,4)5/h9H,6-8H2,1-5H3. The molecule has 0 saturated carbocycles. The van der Waals surface area contributed by atoms with Crippen molar-refractivity contribution in [3.05, 3.63) is 0 Å². The highest BCUT2D eigenvalue weighted by Crippen LogP contribution is 2.18. The van der Waals surface area contributed by atoms with Crippen LogP contribution >= 0.6 is 0 Å². The molecule has 14 heavy (non-hydrogen) atoms. The van der Waals surface area contributed by atoms with Crippen LogP contribution in [-0.4, -0.2) is 11.6 Å². The minimum atomic E-state index is -0.310. The first-order valence-corrected chi connectivity index (χ1v) is 5.35. The fraction of sp³-hybridized carbons (Fsp3) is 0.833. The number of hydrogen-bond acceptors (Lipinski definition) is 2. The van der Waals surface area contributed by atoms with Crippen LogP contribution in [0.5, 0.6) is 0 Å². The Hall–Kier alpha value is -0.660. The molecule has 1 unspecified atom stereocenters. The molecular formula is C12H22O2. The fourth-order valence-electron chi connectivity index (χ4n) is 1.09. The van der Waals surface area contributed by atoms with Crippen LogP contribution in [0.25, 0.3) is 0 Å². The van der Waals surface area contributed by atoms with Crippen LogP contribution < -0.4 is 0 Å². The van der Waals surface area contributed by atoms with Crippen molar-refractivity contribution in [2.75, 3.05) is 0 Å². The molecule has 0 radical (unpaired) electrons. The molecular weight excluding hydrogens is 176 g/mol. The smallest absolute Gasteiger partial charge is 0.138 e. The summed E-state index contributed by atoms with van der Waals surface area (Å²) in [5, 5.41) is 0. The second-order valence-electron chi connectivity index (χ2n) is 4.95. The molecule has 0 amide bonds. The molecule has 0 aliphatic heterocycles. The van der Waals surface area contributed by atoms with Gasteiger partial charge in [0.1, 0.15) is 11.6 Å². The third-order valence-electron chi connectivity index (χ3n) is 2.60. The predicted molar refractivity (Wildman–Crippen MR) is 58.2 cm³/mol. The van der Waals surface area contributed by atoms with E-state index in [2.05, 4.69) is 0 Å². The second kappa shape index (κ2) is 5.28. The number of Topliss-reactive ketones (excluding diaryl/α,β-unsaturated/α-hetero) is 2. The van der Waals surface area contributed by atoms with Crippen molar-refractivity contribution in [3.63, 3.8) is 0 Å². The zero-order chi connectivity index (χ0) is 11.4. The molecule has 0 fully saturated rings. The quantitative estimate of drug-likeness (QED) is 0.680. The van der Waals surface area contributed by atoms with Crippen LogP contribution in [0.2, 0.25) is 0 Å². The molecule has 1 atom stereocenters. The van der Waals surface area contributed by atoms with Gasteiger partial charge in [0.25, 0.3) is 0 Å². The maximum Gasteiger partial charge on any atom is 0.138 e. The van der Waals surface area contributed by atoms with Gasteiger partial charge in [0.2, 0.25) is 0 Å². The molecule has 2 heteroatoms. The van der Waals surface area contributed by atoms with Gasteiger partial charge in [-0.2, -0.15) is 0 Å². The van der Waals surface area contributed by atoms with E-state index >= 15 is 0 Å². The van der Waals surface area contributed by atoms with E-state index in [0.29, 0.717) is 12.8 Å². The van der Waals surface area contributed by atoms with E-state index in [4.69, 9.17) is 0 Å². The number of rotatable bonds is 5. The Bertz CT molecular complexity index is 211. The molecule has 0 bridgehead atoms.